The molecule has 2 heterocycles. The van der Waals surface area contributed by atoms with Gasteiger partial charge in [-0.05, 0) is 41.5 Å². The molecule has 1 aromatic heterocycles. The van der Waals surface area contributed by atoms with Gasteiger partial charge in [-0.25, -0.2) is 4.39 Å². The zero-order valence-electron chi connectivity index (χ0n) is 18.9. The van der Waals surface area contributed by atoms with Crippen molar-refractivity contribution in [3.63, 3.8) is 0 Å². The Morgan fingerprint density at radius 3 is 2.44 bits per heavy atom. The summed E-state index contributed by atoms with van der Waals surface area (Å²) in [5.41, 5.74) is 4.15. The summed E-state index contributed by atoms with van der Waals surface area (Å²) in [6.07, 6.45) is 0. The van der Waals surface area contributed by atoms with E-state index in [-0.39, 0.29) is 30.7 Å². The Bertz CT molecular complexity index is 1380. The Labute approximate surface area is 196 Å². The van der Waals surface area contributed by atoms with Crippen LogP contribution in [0.5, 0.6) is 5.75 Å². The molecule has 1 atom stereocenters. The van der Waals surface area contributed by atoms with E-state index >= 15 is 0 Å². The van der Waals surface area contributed by atoms with Crippen molar-refractivity contribution in [1.82, 2.24) is 14.8 Å². The lowest BCUT2D eigenvalue weighted by atomic mass is 9.98. The molecule has 1 N–H and O–H groups in total. The summed E-state index contributed by atoms with van der Waals surface area (Å²) in [4.78, 5) is 28.1. The number of para-hydroxylation sites is 1. The number of nitrogens with zero attached hydrogens (tertiary/aromatic N) is 2. The third-order valence-corrected chi connectivity index (χ3v) is 6.34. The summed E-state index contributed by atoms with van der Waals surface area (Å²) in [7, 11) is 3.48. The van der Waals surface area contributed by atoms with E-state index in [0.29, 0.717) is 5.69 Å². The fourth-order valence-corrected chi connectivity index (χ4v) is 4.68. The van der Waals surface area contributed by atoms with E-state index in [1.54, 1.807) is 24.1 Å². The van der Waals surface area contributed by atoms with Gasteiger partial charge >= 0.3 is 0 Å². The first kappa shape index (κ1) is 21.7. The van der Waals surface area contributed by atoms with E-state index in [4.69, 9.17) is 4.74 Å². The Morgan fingerprint density at radius 2 is 1.74 bits per heavy atom. The van der Waals surface area contributed by atoms with Gasteiger partial charge in [-0.3, -0.25) is 9.59 Å². The first-order valence-corrected chi connectivity index (χ1v) is 11.0. The van der Waals surface area contributed by atoms with Crippen LogP contribution in [0, 0.1) is 5.82 Å². The van der Waals surface area contributed by atoms with E-state index in [1.165, 1.54) is 12.1 Å². The van der Waals surface area contributed by atoms with E-state index in [9.17, 15) is 14.0 Å². The summed E-state index contributed by atoms with van der Waals surface area (Å²) in [6, 6.07) is 21.0. The molecule has 4 aromatic rings. The van der Waals surface area contributed by atoms with Crippen molar-refractivity contribution in [2.45, 2.75) is 12.6 Å². The number of rotatable bonds is 6. The van der Waals surface area contributed by atoms with E-state index < -0.39 is 6.04 Å². The zero-order chi connectivity index (χ0) is 23.8. The largest absolute Gasteiger partial charge is 0.497 e. The van der Waals surface area contributed by atoms with Crippen LogP contribution < -0.4 is 10.1 Å². The van der Waals surface area contributed by atoms with Crippen LogP contribution in [0.4, 0.5) is 4.39 Å². The lowest BCUT2D eigenvalue weighted by molar-refractivity contribution is -0.122. The second-order valence-electron chi connectivity index (χ2n) is 8.35. The third-order valence-electron chi connectivity index (χ3n) is 6.34. The van der Waals surface area contributed by atoms with Crippen molar-refractivity contribution in [3.8, 4) is 5.75 Å². The van der Waals surface area contributed by atoms with Crippen molar-refractivity contribution in [3.05, 3.63) is 101 Å². The molecule has 1 aliphatic heterocycles. The molecule has 34 heavy (non-hydrogen) atoms. The number of benzene rings is 3. The molecule has 0 fully saturated rings. The number of hydrogen-bond donors (Lipinski definition) is 1. The van der Waals surface area contributed by atoms with Gasteiger partial charge < -0.3 is 19.5 Å². The molecule has 0 spiro atoms. The van der Waals surface area contributed by atoms with E-state index in [0.717, 1.165) is 33.3 Å². The predicted octanol–water partition coefficient (Wildman–Crippen LogP) is 4.19. The Kier molecular flexibility index (Phi) is 5.53. The lowest BCUT2D eigenvalue weighted by Crippen LogP contribution is -2.39. The highest BCUT2D eigenvalue weighted by Crippen LogP contribution is 2.43. The van der Waals surface area contributed by atoms with Gasteiger partial charge in [0, 0.05) is 30.1 Å². The number of ether oxygens (including phenoxy) is 1. The summed E-state index contributed by atoms with van der Waals surface area (Å²) >= 11 is 0. The topological polar surface area (TPSA) is 63.6 Å². The monoisotopic (exact) mass is 457 g/mol. The molecule has 0 bridgehead atoms. The smallest absolute Gasteiger partial charge is 0.272 e. The fourth-order valence-electron chi connectivity index (χ4n) is 4.68. The van der Waals surface area contributed by atoms with Crippen molar-refractivity contribution in [2.75, 3.05) is 13.7 Å². The minimum Gasteiger partial charge on any atom is -0.497 e. The summed E-state index contributed by atoms with van der Waals surface area (Å²) < 4.78 is 20.4. The standard InChI is InChI=1S/C27H24FN3O3/c1-30-22-6-4-3-5-21(22)24-25(18-9-13-20(34-2)14-10-18)31(27(33)26(24)30)16-23(32)29-15-17-7-11-19(28)12-8-17/h3-14,25H,15-16H2,1-2H3,(H,29,32). The number of aromatic nitrogens is 1. The van der Waals surface area contributed by atoms with Crippen LogP contribution in [0.3, 0.4) is 0 Å². The highest BCUT2D eigenvalue weighted by atomic mass is 19.1. The lowest BCUT2D eigenvalue weighted by Gasteiger charge is -2.26. The van der Waals surface area contributed by atoms with Gasteiger partial charge in [0.25, 0.3) is 5.91 Å². The second kappa shape index (κ2) is 8.67. The summed E-state index contributed by atoms with van der Waals surface area (Å²) in [5, 5.41) is 3.83. The molecule has 0 aliphatic carbocycles. The highest BCUT2D eigenvalue weighted by Gasteiger charge is 2.42. The molecule has 3 aromatic carbocycles. The van der Waals surface area contributed by atoms with Crippen molar-refractivity contribution >= 4 is 22.7 Å². The number of aryl methyl sites for hydroxylation is 1. The number of nitrogens with one attached hydrogen (secondary N) is 1. The van der Waals surface area contributed by atoms with Gasteiger partial charge in [0.1, 0.15) is 23.8 Å². The molecule has 0 saturated carbocycles. The van der Waals surface area contributed by atoms with E-state index in [2.05, 4.69) is 5.32 Å². The van der Waals surface area contributed by atoms with Crippen LogP contribution >= 0.6 is 0 Å². The molecular formula is C27H24FN3O3. The number of methoxy groups -OCH3 is 1. The first-order chi connectivity index (χ1) is 16.5. The summed E-state index contributed by atoms with van der Waals surface area (Å²) in [6.45, 7) is 0.157. The molecule has 6 nitrogen and oxygen atoms in total. The van der Waals surface area contributed by atoms with Gasteiger partial charge in [-0.2, -0.15) is 0 Å². The van der Waals surface area contributed by atoms with Gasteiger partial charge in [-0.15, -0.1) is 0 Å². The minimum absolute atomic E-state index is 0.0975. The fraction of sp³-hybridized carbons (Fsp3) is 0.185. The first-order valence-electron chi connectivity index (χ1n) is 11.0. The molecule has 1 aliphatic rings. The number of carbonyl (C=O) groups is 2. The number of amides is 2. The quantitative estimate of drug-likeness (QED) is 0.472. The van der Waals surface area contributed by atoms with Gasteiger partial charge in [0.2, 0.25) is 5.91 Å². The molecule has 0 radical (unpaired) electrons. The zero-order valence-corrected chi connectivity index (χ0v) is 18.9. The maximum absolute atomic E-state index is 13.6. The molecular weight excluding hydrogens is 433 g/mol. The van der Waals surface area contributed by atoms with Gasteiger partial charge in [0.05, 0.1) is 13.2 Å². The number of fused-ring (bicyclic) bond motifs is 3. The molecule has 1 unspecified atom stereocenters. The van der Waals surface area contributed by atoms with Gasteiger partial charge in [-0.1, -0.05) is 42.5 Å². The van der Waals surface area contributed by atoms with Crippen LogP contribution in [0.25, 0.3) is 10.9 Å². The molecule has 0 saturated heterocycles. The molecule has 2 amide bonds. The van der Waals surface area contributed by atoms with Crippen molar-refractivity contribution < 1.29 is 18.7 Å². The van der Waals surface area contributed by atoms with Crippen molar-refractivity contribution in [1.29, 1.82) is 0 Å². The number of hydrogen-bond acceptors (Lipinski definition) is 3. The second-order valence-corrected chi connectivity index (χ2v) is 8.35. The van der Waals surface area contributed by atoms with Crippen LogP contribution in [-0.2, 0) is 18.4 Å². The Hall–Kier alpha value is -4.13. The molecule has 172 valence electrons. The maximum Gasteiger partial charge on any atom is 0.272 e. The average molecular weight is 458 g/mol. The van der Waals surface area contributed by atoms with Gasteiger partial charge in [0.15, 0.2) is 0 Å². The number of carbonyl (C=O) groups excluding carboxylic acids is 2. The van der Waals surface area contributed by atoms with E-state index in [1.807, 2.05) is 60.1 Å². The highest BCUT2D eigenvalue weighted by molar-refractivity contribution is 6.07. The third kappa shape index (κ3) is 3.69. The average Bonchev–Trinajstić information content (AvgIpc) is 3.31. The van der Waals surface area contributed by atoms with Crippen LogP contribution in [0.2, 0.25) is 0 Å². The van der Waals surface area contributed by atoms with Crippen molar-refractivity contribution in [2.24, 2.45) is 7.05 Å². The van der Waals surface area contributed by atoms with Crippen LogP contribution in [0.15, 0.2) is 72.8 Å². The molecule has 7 heteroatoms. The SMILES string of the molecule is COc1ccc(C2c3c(n(C)c4ccccc34)C(=O)N2CC(=O)NCc2ccc(F)cc2)cc1. The summed E-state index contributed by atoms with van der Waals surface area (Å²) in [5.74, 6) is -0.0837. The Morgan fingerprint density at radius 1 is 1.03 bits per heavy atom. The maximum atomic E-state index is 13.6. The van der Waals surface area contributed by atoms with Crippen LogP contribution in [-0.4, -0.2) is 34.9 Å². The number of halogens is 1. The minimum atomic E-state index is -0.406. The molecule has 5 rings (SSSR count). The van der Waals surface area contributed by atoms with Crippen LogP contribution in [0.1, 0.15) is 33.2 Å². The predicted molar refractivity (Wildman–Crippen MR) is 127 cm³/mol. The Balaban J connectivity index is 1.48. The normalized spacial score (nSPS) is 15.0.